The molecule has 3 nitrogen and oxygen atoms in total. The molecule has 0 aliphatic heterocycles. The highest BCUT2D eigenvalue weighted by atomic mass is 32.2. The minimum Gasteiger partial charge on any atom is -0.397 e. The average molecular weight is 196 g/mol. The van der Waals surface area contributed by atoms with E-state index in [4.69, 9.17) is 11.5 Å². The van der Waals surface area contributed by atoms with E-state index in [0.29, 0.717) is 22.0 Å². The van der Waals surface area contributed by atoms with Crippen molar-refractivity contribution in [3.05, 3.63) is 30.9 Å². The molecule has 1 aromatic carbocycles. The van der Waals surface area contributed by atoms with E-state index in [1.165, 1.54) is 0 Å². The Balaban J connectivity index is 2.96. The first-order valence-corrected chi connectivity index (χ1v) is 5.11. The van der Waals surface area contributed by atoms with Gasteiger partial charge in [-0.25, -0.2) is 0 Å². The van der Waals surface area contributed by atoms with Gasteiger partial charge in [-0.3, -0.25) is 4.21 Å². The summed E-state index contributed by atoms with van der Waals surface area (Å²) >= 11 is 0. The Morgan fingerprint density at radius 2 is 2.08 bits per heavy atom. The topological polar surface area (TPSA) is 69.1 Å². The molecule has 70 valence electrons. The molecule has 1 unspecified atom stereocenters. The molecule has 0 fully saturated rings. The highest BCUT2D eigenvalue weighted by molar-refractivity contribution is 7.85. The molecule has 0 spiro atoms. The van der Waals surface area contributed by atoms with Crippen molar-refractivity contribution in [3.63, 3.8) is 0 Å². The molecule has 0 aromatic heterocycles. The summed E-state index contributed by atoms with van der Waals surface area (Å²) in [5, 5.41) is 0. The standard InChI is InChI=1S/C9H12N2OS/c1-2-5-13(12)7-3-4-8(10)9(11)6-7/h2-4,6H,1,5,10-11H2. The van der Waals surface area contributed by atoms with Gasteiger partial charge in [0.2, 0.25) is 0 Å². The minimum absolute atomic E-state index is 0.434. The van der Waals surface area contributed by atoms with E-state index in [9.17, 15) is 4.21 Å². The Bertz CT molecular complexity index is 349. The largest absolute Gasteiger partial charge is 0.397 e. The van der Waals surface area contributed by atoms with E-state index < -0.39 is 10.8 Å². The summed E-state index contributed by atoms with van der Waals surface area (Å²) in [5.74, 6) is 0.434. The number of hydrogen-bond donors (Lipinski definition) is 2. The van der Waals surface area contributed by atoms with Crippen molar-refractivity contribution in [1.82, 2.24) is 0 Å². The lowest BCUT2D eigenvalue weighted by atomic mass is 10.3. The Morgan fingerprint density at radius 1 is 1.38 bits per heavy atom. The summed E-state index contributed by atoms with van der Waals surface area (Å²) in [4.78, 5) is 0.687. The Labute approximate surface area is 79.9 Å². The van der Waals surface area contributed by atoms with Crippen molar-refractivity contribution in [2.75, 3.05) is 17.2 Å². The zero-order valence-electron chi connectivity index (χ0n) is 7.19. The van der Waals surface area contributed by atoms with Gasteiger partial charge in [-0.1, -0.05) is 6.08 Å². The molecule has 1 atom stereocenters. The summed E-state index contributed by atoms with van der Waals surface area (Å²) in [6.45, 7) is 3.52. The van der Waals surface area contributed by atoms with Crippen LogP contribution < -0.4 is 11.5 Å². The molecule has 0 radical (unpaired) electrons. The van der Waals surface area contributed by atoms with Gasteiger partial charge in [0.1, 0.15) is 0 Å². The van der Waals surface area contributed by atoms with Crippen LogP contribution in [0.15, 0.2) is 35.7 Å². The quantitative estimate of drug-likeness (QED) is 0.562. The summed E-state index contributed by atoms with van der Waals surface area (Å²) in [7, 11) is -1.06. The van der Waals surface area contributed by atoms with Crippen LogP contribution in [0.3, 0.4) is 0 Å². The summed E-state index contributed by atoms with van der Waals surface area (Å²) in [6.07, 6.45) is 1.61. The average Bonchev–Trinajstić information content (AvgIpc) is 2.10. The van der Waals surface area contributed by atoms with E-state index in [2.05, 4.69) is 6.58 Å². The molecule has 0 amide bonds. The molecule has 0 saturated heterocycles. The maximum Gasteiger partial charge on any atom is 0.0568 e. The third kappa shape index (κ3) is 2.32. The van der Waals surface area contributed by atoms with Crippen LogP contribution in [0.5, 0.6) is 0 Å². The smallest absolute Gasteiger partial charge is 0.0568 e. The van der Waals surface area contributed by atoms with Gasteiger partial charge in [0.15, 0.2) is 0 Å². The third-order valence-electron chi connectivity index (χ3n) is 1.59. The SMILES string of the molecule is C=CCS(=O)c1ccc(N)c(N)c1. The van der Waals surface area contributed by atoms with Gasteiger partial charge >= 0.3 is 0 Å². The molecular formula is C9H12N2OS. The lowest BCUT2D eigenvalue weighted by Crippen LogP contribution is -1.99. The normalized spacial score (nSPS) is 12.3. The van der Waals surface area contributed by atoms with Gasteiger partial charge in [-0.05, 0) is 18.2 Å². The Kier molecular flexibility index (Phi) is 3.08. The van der Waals surface area contributed by atoms with E-state index in [-0.39, 0.29) is 0 Å². The number of rotatable bonds is 3. The van der Waals surface area contributed by atoms with Gasteiger partial charge in [-0.15, -0.1) is 6.58 Å². The highest BCUT2D eigenvalue weighted by Gasteiger charge is 2.03. The number of anilines is 2. The van der Waals surface area contributed by atoms with Crippen molar-refractivity contribution in [1.29, 1.82) is 0 Å². The van der Waals surface area contributed by atoms with E-state index in [1.54, 1.807) is 24.3 Å². The lowest BCUT2D eigenvalue weighted by Gasteiger charge is -2.02. The zero-order valence-corrected chi connectivity index (χ0v) is 8.01. The molecular weight excluding hydrogens is 184 g/mol. The van der Waals surface area contributed by atoms with Gasteiger partial charge < -0.3 is 11.5 Å². The first-order chi connectivity index (χ1) is 6.15. The zero-order chi connectivity index (χ0) is 9.84. The molecule has 4 heteroatoms. The molecule has 0 bridgehead atoms. The molecule has 4 N–H and O–H groups in total. The molecule has 13 heavy (non-hydrogen) atoms. The second-order valence-corrected chi connectivity index (χ2v) is 4.09. The fourth-order valence-corrected chi connectivity index (χ4v) is 1.78. The summed E-state index contributed by atoms with van der Waals surface area (Å²) in [6, 6.07) is 5.01. The van der Waals surface area contributed by atoms with Crippen LogP contribution in [0.1, 0.15) is 0 Å². The van der Waals surface area contributed by atoms with Gasteiger partial charge in [0.25, 0.3) is 0 Å². The highest BCUT2D eigenvalue weighted by Crippen LogP contribution is 2.18. The van der Waals surface area contributed by atoms with E-state index in [0.717, 1.165) is 0 Å². The second kappa shape index (κ2) is 4.09. The molecule has 0 heterocycles. The number of benzene rings is 1. The first kappa shape index (κ1) is 9.80. The third-order valence-corrected chi connectivity index (χ3v) is 2.91. The van der Waals surface area contributed by atoms with Gasteiger partial charge in [0.05, 0.1) is 22.2 Å². The first-order valence-electron chi connectivity index (χ1n) is 3.79. The van der Waals surface area contributed by atoms with Crippen molar-refractivity contribution in [3.8, 4) is 0 Å². The van der Waals surface area contributed by atoms with Crippen LogP contribution in [0.4, 0.5) is 11.4 Å². The van der Waals surface area contributed by atoms with Crippen LogP contribution in [0.2, 0.25) is 0 Å². The van der Waals surface area contributed by atoms with E-state index in [1.807, 2.05) is 0 Å². The predicted molar refractivity (Wildman–Crippen MR) is 56.7 cm³/mol. The lowest BCUT2D eigenvalue weighted by molar-refractivity contribution is 0.685. The molecule has 0 aliphatic carbocycles. The number of hydrogen-bond acceptors (Lipinski definition) is 3. The second-order valence-electron chi connectivity index (χ2n) is 2.59. The summed E-state index contributed by atoms with van der Waals surface area (Å²) < 4.78 is 11.5. The van der Waals surface area contributed by atoms with Crippen LogP contribution >= 0.6 is 0 Å². The van der Waals surface area contributed by atoms with Gasteiger partial charge in [-0.2, -0.15) is 0 Å². The number of nitrogens with two attached hydrogens (primary N) is 2. The number of nitrogen functional groups attached to an aromatic ring is 2. The minimum atomic E-state index is -1.06. The molecule has 0 aliphatic rings. The summed E-state index contributed by atoms with van der Waals surface area (Å²) in [5.41, 5.74) is 12.1. The monoisotopic (exact) mass is 196 g/mol. The fraction of sp³-hybridized carbons (Fsp3) is 0.111. The maximum atomic E-state index is 11.5. The maximum absolute atomic E-state index is 11.5. The van der Waals surface area contributed by atoms with Crippen LogP contribution in [-0.4, -0.2) is 9.96 Å². The molecule has 0 saturated carbocycles. The predicted octanol–water partition coefficient (Wildman–Crippen LogP) is 1.14. The van der Waals surface area contributed by atoms with Crippen LogP contribution in [0, 0.1) is 0 Å². The van der Waals surface area contributed by atoms with Crippen molar-refractivity contribution >= 4 is 22.2 Å². The molecule has 1 aromatic rings. The van der Waals surface area contributed by atoms with Crippen molar-refractivity contribution in [2.45, 2.75) is 4.90 Å². The van der Waals surface area contributed by atoms with Crippen molar-refractivity contribution in [2.24, 2.45) is 0 Å². The van der Waals surface area contributed by atoms with Crippen LogP contribution in [-0.2, 0) is 10.8 Å². The Morgan fingerprint density at radius 3 is 2.62 bits per heavy atom. The van der Waals surface area contributed by atoms with Gasteiger partial charge in [0, 0.05) is 10.6 Å². The van der Waals surface area contributed by atoms with E-state index >= 15 is 0 Å². The molecule has 1 rings (SSSR count). The van der Waals surface area contributed by atoms with Crippen molar-refractivity contribution < 1.29 is 4.21 Å². The fourth-order valence-electron chi connectivity index (χ4n) is 0.898. The van der Waals surface area contributed by atoms with Crippen LogP contribution in [0.25, 0.3) is 0 Å². The Hall–Kier alpha value is -1.29.